The third kappa shape index (κ3) is 9.81. The molecule has 0 spiro atoms. The molecule has 0 unspecified atom stereocenters. The van der Waals surface area contributed by atoms with Crippen LogP contribution < -0.4 is 14.7 Å². The molecule has 11 aromatic carbocycles. The van der Waals surface area contributed by atoms with Crippen LogP contribution in [0.3, 0.4) is 0 Å². The molecule has 1 aromatic heterocycles. The molecule has 0 amide bonds. The number of aryl methyl sites for hydroxylation is 7. The summed E-state index contributed by atoms with van der Waals surface area (Å²) >= 11 is 1.87. The number of rotatable bonds is 12. The molecule has 0 bridgehead atoms. The van der Waals surface area contributed by atoms with E-state index >= 15 is 0 Å². The second-order valence-corrected chi connectivity index (χ2v) is 21.8. The van der Waals surface area contributed by atoms with E-state index in [0.29, 0.717) is 0 Å². The molecule has 0 aliphatic carbocycles. The highest BCUT2D eigenvalue weighted by atomic mass is 32.1. The van der Waals surface area contributed by atoms with Crippen molar-refractivity contribution in [2.75, 3.05) is 14.7 Å². The van der Waals surface area contributed by atoms with Gasteiger partial charge >= 0.3 is 0 Å². The summed E-state index contributed by atoms with van der Waals surface area (Å²) in [6.45, 7) is 15.3. The average Bonchev–Trinajstić information content (AvgIpc) is 3.84. The first kappa shape index (κ1) is 48.9. The maximum Gasteiger partial charge on any atom is 0.0490 e. The van der Waals surface area contributed by atoms with E-state index in [4.69, 9.17) is 0 Å². The van der Waals surface area contributed by atoms with Gasteiger partial charge in [0, 0.05) is 71.4 Å². The normalized spacial score (nSPS) is 11.3. The summed E-state index contributed by atoms with van der Waals surface area (Å²) in [5.41, 5.74) is 26.0. The SMILES string of the molecule is Cc1ccc(N(c2ccc(-c3ccccc3)cc2)c2ccc(-c3ccc(N(c4ccc(-c5ccc(N(c6ccc7sc8ccc(C)cc8c7c6)c6ccc(C)cc6C)cc5)cc4)c4ccc(C)cc4C)cc3)cc2)c(C)c1. The van der Waals surface area contributed by atoms with Crippen LogP contribution >= 0.6 is 11.3 Å². The Bertz CT molecular complexity index is 4080. The van der Waals surface area contributed by atoms with Crippen LogP contribution in [0.15, 0.2) is 243 Å². The van der Waals surface area contributed by atoms with Crippen LogP contribution in [-0.4, -0.2) is 0 Å². The molecule has 0 radical (unpaired) electrons. The minimum absolute atomic E-state index is 1.10. The Morgan fingerprint density at radius 1 is 0.234 bits per heavy atom. The van der Waals surface area contributed by atoms with E-state index in [2.05, 4.69) is 306 Å². The summed E-state index contributed by atoms with van der Waals surface area (Å²) in [5, 5.41) is 2.62. The standard InChI is InChI=1S/C73H61N3S/c1-48-13-38-69(52(5)43-48)74(61-27-17-56(18-28-61)55-11-9-8-10-12-55)62-29-19-57(20-30-62)58-21-31-63(32-22-58)75(70-39-14-49(2)44-53(70)6)64-33-23-59(24-34-64)60-25-35-65(36-26-60)76(71-40-15-50(3)45-54(71)7)66-37-42-73-68(47-66)67-46-51(4)16-41-72(67)77-73/h8-47H,1-7H3. The summed E-state index contributed by atoms with van der Waals surface area (Å²) in [4.78, 5) is 7.17. The Kier molecular flexibility index (Phi) is 13.1. The maximum atomic E-state index is 2.41. The minimum atomic E-state index is 1.10. The lowest BCUT2D eigenvalue weighted by atomic mass is 10.0. The lowest BCUT2D eigenvalue weighted by Crippen LogP contribution is -2.11. The smallest absolute Gasteiger partial charge is 0.0490 e. The van der Waals surface area contributed by atoms with Crippen molar-refractivity contribution in [1.29, 1.82) is 0 Å². The molecule has 0 atom stereocenters. The molecule has 0 saturated heterocycles. The van der Waals surface area contributed by atoms with Crippen molar-refractivity contribution in [2.24, 2.45) is 0 Å². The number of hydrogen-bond donors (Lipinski definition) is 0. The number of anilines is 9. The molecule has 12 rings (SSSR count). The Morgan fingerprint density at radius 2 is 0.506 bits per heavy atom. The van der Waals surface area contributed by atoms with E-state index in [9.17, 15) is 0 Å². The quantitative estimate of drug-likeness (QED) is 0.121. The number of nitrogens with zero attached hydrogens (tertiary/aromatic N) is 3. The van der Waals surface area contributed by atoms with Crippen LogP contribution in [-0.2, 0) is 0 Å². The van der Waals surface area contributed by atoms with E-state index in [1.165, 1.54) is 92.7 Å². The third-order valence-electron chi connectivity index (χ3n) is 15.0. The van der Waals surface area contributed by atoms with Gasteiger partial charge in [-0.2, -0.15) is 0 Å². The molecule has 3 nitrogen and oxygen atoms in total. The summed E-state index contributed by atoms with van der Waals surface area (Å²) in [5.74, 6) is 0. The fourth-order valence-electron chi connectivity index (χ4n) is 11.1. The highest BCUT2D eigenvalue weighted by Gasteiger charge is 2.20. The van der Waals surface area contributed by atoms with Crippen molar-refractivity contribution in [2.45, 2.75) is 48.5 Å². The highest BCUT2D eigenvalue weighted by Crippen LogP contribution is 2.44. The van der Waals surface area contributed by atoms with Crippen molar-refractivity contribution < 1.29 is 0 Å². The zero-order chi connectivity index (χ0) is 52.7. The van der Waals surface area contributed by atoms with E-state index in [1.54, 1.807) is 0 Å². The first-order valence-electron chi connectivity index (χ1n) is 26.6. The number of hydrogen-bond acceptors (Lipinski definition) is 4. The van der Waals surface area contributed by atoms with Crippen LogP contribution in [0.4, 0.5) is 51.2 Å². The molecule has 4 heteroatoms. The monoisotopic (exact) mass is 1010 g/mol. The second-order valence-electron chi connectivity index (χ2n) is 20.8. The molecular formula is C73H61N3S. The summed E-state index contributed by atoms with van der Waals surface area (Å²) in [7, 11) is 0. The van der Waals surface area contributed by atoms with Gasteiger partial charge in [-0.15, -0.1) is 11.3 Å². The Labute approximate surface area is 458 Å². The topological polar surface area (TPSA) is 9.72 Å². The van der Waals surface area contributed by atoms with Crippen LogP contribution in [0.25, 0.3) is 53.6 Å². The summed E-state index contributed by atoms with van der Waals surface area (Å²) in [6.07, 6.45) is 0. The first-order valence-corrected chi connectivity index (χ1v) is 27.4. The minimum Gasteiger partial charge on any atom is -0.310 e. The van der Waals surface area contributed by atoms with Crippen molar-refractivity contribution >= 4 is 82.7 Å². The maximum absolute atomic E-state index is 2.41. The molecule has 0 aliphatic rings. The largest absolute Gasteiger partial charge is 0.310 e. The predicted molar refractivity (Wildman–Crippen MR) is 333 cm³/mol. The molecular weight excluding hydrogens is 951 g/mol. The number of fused-ring (bicyclic) bond motifs is 3. The average molecular weight is 1010 g/mol. The molecule has 374 valence electrons. The van der Waals surface area contributed by atoms with Crippen molar-refractivity contribution in [3.8, 4) is 33.4 Å². The van der Waals surface area contributed by atoms with Gasteiger partial charge in [-0.05, 0) is 208 Å². The third-order valence-corrected chi connectivity index (χ3v) is 16.2. The molecule has 1 heterocycles. The van der Waals surface area contributed by atoms with Crippen LogP contribution in [0.2, 0.25) is 0 Å². The Morgan fingerprint density at radius 3 is 0.857 bits per heavy atom. The van der Waals surface area contributed by atoms with Gasteiger partial charge in [0.15, 0.2) is 0 Å². The second kappa shape index (κ2) is 20.6. The van der Waals surface area contributed by atoms with Gasteiger partial charge in [-0.3, -0.25) is 0 Å². The molecule has 77 heavy (non-hydrogen) atoms. The lowest BCUT2D eigenvalue weighted by molar-refractivity contribution is 1.24. The van der Waals surface area contributed by atoms with Gasteiger partial charge in [0.25, 0.3) is 0 Å². The van der Waals surface area contributed by atoms with Crippen molar-refractivity contribution in [1.82, 2.24) is 0 Å². The lowest BCUT2D eigenvalue weighted by Gasteiger charge is -2.28. The van der Waals surface area contributed by atoms with Gasteiger partial charge in [0.2, 0.25) is 0 Å². The van der Waals surface area contributed by atoms with Crippen LogP contribution in [0, 0.1) is 48.5 Å². The van der Waals surface area contributed by atoms with Crippen molar-refractivity contribution in [3.63, 3.8) is 0 Å². The van der Waals surface area contributed by atoms with Gasteiger partial charge in [0.1, 0.15) is 0 Å². The zero-order valence-corrected chi connectivity index (χ0v) is 45.7. The zero-order valence-electron chi connectivity index (χ0n) is 44.8. The van der Waals surface area contributed by atoms with E-state index in [0.717, 1.165) is 50.9 Å². The van der Waals surface area contributed by atoms with E-state index in [-0.39, 0.29) is 0 Å². The van der Waals surface area contributed by atoms with Crippen molar-refractivity contribution in [3.05, 3.63) is 282 Å². The first-order chi connectivity index (χ1) is 37.5. The summed E-state index contributed by atoms with van der Waals surface area (Å²) in [6, 6.07) is 89.6. The Balaban J connectivity index is 0.834. The Hall–Kier alpha value is -8.96. The highest BCUT2D eigenvalue weighted by molar-refractivity contribution is 7.25. The van der Waals surface area contributed by atoms with Gasteiger partial charge in [-0.25, -0.2) is 0 Å². The number of thiophene rings is 1. The predicted octanol–water partition coefficient (Wildman–Crippen LogP) is 21.6. The number of benzene rings is 11. The fraction of sp³-hybridized carbons (Fsp3) is 0.0959. The van der Waals surface area contributed by atoms with E-state index < -0.39 is 0 Å². The fourth-order valence-corrected chi connectivity index (χ4v) is 12.2. The van der Waals surface area contributed by atoms with Crippen LogP contribution in [0.1, 0.15) is 38.9 Å². The molecule has 0 N–H and O–H groups in total. The summed E-state index contributed by atoms with van der Waals surface area (Å²) < 4.78 is 2.63. The van der Waals surface area contributed by atoms with Gasteiger partial charge in [-0.1, -0.05) is 156 Å². The molecule has 0 aliphatic heterocycles. The van der Waals surface area contributed by atoms with Gasteiger partial charge in [0.05, 0.1) is 0 Å². The van der Waals surface area contributed by atoms with Crippen LogP contribution in [0.5, 0.6) is 0 Å². The van der Waals surface area contributed by atoms with E-state index in [1.807, 2.05) is 11.3 Å². The molecule has 0 saturated carbocycles. The molecule has 12 aromatic rings. The molecule has 0 fully saturated rings. The van der Waals surface area contributed by atoms with Gasteiger partial charge < -0.3 is 14.7 Å².